The molecule has 0 amide bonds. The van der Waals surface area contributed by atoms with Crippen molar-refractivity contribution in [2.45, 2.75) is 316 Å². The lowest BCUT2D eigenvalue weighted by Gasteiger charge is -2.18. The molecule has 0 fully saturated rings. The van der Waals surface area contributed by atoms with Crippen LogP contribution >= 0.6 is 0 Å². The third-order valence-corrected chi connectivity index (χ3v) is 14.0. The normalized spacial score (nSPS) is 12.8. The summed E-state index contributed by atoms with van der Waals surface area (Å²) in [5, 5.41) is 0. The number of carbonyl (C=O) groups is 3. The highest BCUT2D eigenvalue weighted by Crippen LogP contribution is 2.15. The van der Waals surface area contributed by atoms with E-state index in [-0.39, 0.29) is 31.1 Å². The number of ether oxygens (including phenoxy) is 3. The number of allylic oxidation sites excluding steroid dienone is 18. The molecule has 78 heavy (non-hydrogen) atoms. The molecule has 0 heterocycles. The zero-order chi connectivity index (χ0) is 56.4. The van der Waals surface area contributed by atoms with Gasteiger partial charge in [0.15, 0.2) is 6.10 Å². The quantitative estimate of drug-likeness (QED) is 0.0261. The van der Waals surface area contributed by atoms with Gasteiger partial charge in [0.1, 0.15) is 13.2 Å². The van der Waals surface area contributed by atoms with Crippen molar-refractivity contribution in [3.8, 4) is 0 Å². The van der Waals surface area contributed by atoms with Crippen LogP contribution in [-0.2, 0) is 28.6 Å². The van der Waals surface area contributed by atoms with E-state index >= 15 is 0 Å². The first kappa shape index (κ1) is 74.1. The van der Waals surface area contributed by atoms with Crippen LogP contribution in [0.25, 0.3) is 0 Å². The van der Waals surface area contributed by atoms with E-state index in [4.69, 9.17) is 14.2 Å². The highest BCUT2D eigenvalue weighted by atomic mass is 16.6. The molecule has 0 aromatic carbocycles. The Morgan fingerprint density at radius 3 is 0.795 bits per heavy atom. The molecule has 0 rings (SSSR count). The SMILES string of the molecule is CC/C=C\C/C=C\C/C=C\C/C=C\C/C=C\CCCCCCCCCC(=O)OCC(COC(=O)CCCCCCC/C=C\C/C=C\CCCCCC)OC(=O)CCCCCCCCCCC/C=C\C/C=C\CCCCCCC. The molecule has 0 radical (unpaired) electrons. The minimum Gasteiger partial charge on any atom is -0.462 e. The van der Waals surface area contributed by atoms with Crippen molar-refractivity contribution >= 4 is 17.9 Å². The third kappa shape index (κ3) is 62.9. The zero-order valence-corrected chi connectivity index (χ0v) is 51.2. The lowest BCUT2D eigenvalue weighted by molar-refractivity contribution is -0.167. The molecule has 1 atom stereocenters. The lowest BCUT2D eigenvalue weighted by atomic mass is 10.1. The molecule has 0 aliphatic heterocycles. The summed E-state index contributed by atoms with van der Waals surface area (Å²) < 4.78 is 16.9. The molecular weight excluding hydrogens is 961 g/mol. The molecule has 0 aliphatic rings. The second-order valence-electron chi connectivity index (χ2n) is 21.6. The van der Waals surface area contributed by atoms with E-state index < -0.39 is 6.10 Å². The van der Waals surface area contributed by atoms with Crippen LogP contribution in [0.15, 0.2) is 109 Å². The van der Waals surface area contributed by atoms with Crippen LogP contribution in [0.3, 0.4) is 0 Å². The summed E-state index contributed by atoms with van der Waals surface area (Å²) in [6.45, 7) is 6.50. The molecule has 0 N–H and O–H groups in total. The molecule has 0 bridgehead atoms. The van der Waals surface area contributed by atoms with Gasteiger partial charge in [-0.25, -0.2) is 0 Å². The predicted octanol–water partition coefficient (Wildman–Crippen LogP) is 22.6. The molecule has 0 saturated heterocycles. The first-order chi connectivity index (χ1) is 38.5. The van der Waals surface area contributed by atoms with Gasteiger partial charge >= 0.3 is 17.9 Å². The zero-order valence-electron chi connectivity index (χ0n) is 51.2. The average Bonchev–Trinajstić information content (AvgIpc) is 3.44. The van der Waals surface area contributed by atoms with Gasteiger partial charge in [-0.15, -0.1) is 0 Å². The molecule has 0 aliphatic carbocycles. The molecule has 1 unspecified atom stereocenters. The smallest absolute Gasteiger partial charge is 0.306 e. The van der Waals surface area contributed by atoms with Crippen molar-refractivity contribution in [1.29, 1.82) is 0 Å². The number of unbranched alkanes of at least 4 members (excludes halogenated alkanes) is 30. The Balaban J connectivity index is 4.42. The van der Waals surface area contributed by atoms with Gasteiger partial charge in [0.2, 0.25) is 0 Å². The van der Waals surface area contributed by atoms with Gasteiger partial charge in [-0.05, 0) is 128 Å². The summed E-state index contributed by atoms with van der Waals surface area (Å²) in [5.41, 5.74) is 0. The minimum absolute atomic E-state index is 0.0908. The average molecular weight is 1080 g/mol. The van der Waals surface area contributed by atoms with E-state index in [0.717, 1.165) is 128 Å². The second kappa shape index (κ2) is 65.6. The second-order valence-corrected chi connectivity index (χ2v) is 21.6. The van der Waals surface area contributed by atoms with E-state index in [9.17, 15) is 14.4 Å². The molecule has 446 valence electrons. The molecule has 0 aromatic heterocycles. The van der Waals surface area contributed by atoms with Crippen molar-refractivity contribution in [3.05, 3.63) is 109 Å². The van der Waals surface area contributed by atoms with Crippen LogP contribution in [-0.4, -0.2) is 37.2 Å². The number of hydrogen-bond acceptors (Lipinski definition) is 6. The summed E-state index contributed by atoms with van der Waals surface area (Å²) in [6, 6.07) is 0. The number of esters is 3. The van der Waals surface area contributed by atoms with E-state index in [2.05, 4.69) is 130 Å². The van der Waals surface area contributed by atoms with Gasteiger partial charge in [-0.3, -0.25) is 14.4 Å². The maximum Gasteiger partial charge on any atom is 0.306 e. The summed E-state index contributed by atoms with van der Waals surface area (Å²) in [4.78, 5) is 38.4. The molecular formula is C72H122O6. The van der Waals surface area contributed by atoms with E-state index in [0.29, 0.717) is 19.3 Å². The first-order valence-corrected chi connectivity index (χ1v) is 32.9. The van der Waals surface area contributed by atoms with E-state index in [1.807, 2.05) is 0 Å². The Kier molecular flexibility index (Phi) is 62.3. The van der Waals surface area contributed by atoms with Gasteiger partial charge in [0.25, 0.3) is 0 Å². The molecule has 0 saturated carbocycles. The topological polar surface area (TPSA) is 78.9 Å². The first-order valence-electron chi connectivity index (χ1n) is 32.9. The highest BCUT2D eigenvalue weighted by molar-refractivity contribution is 5.71. The molecule has 6 nitrogen and oxygen atoms in total. The minimum atomic E-state index is -0.795. The van der Waals surface area contributed by atoms with Gasteiger partial charge in [-0.2, -0.15) is 0 Å². The highest BCUT2D eigenvalue weighted by Gasteiger charge is 2.19. The van der Waals surface area contributed by atoms with Gasteiger partial charge < -0.3 is 14.2 Å². The van der Waals surface area contributed by atoms with Crippen molar-refractivity contribution in [1.82, 2.24) is 0 Å². The van der Waals surface area contributed by atoms with Crippen molar-refractivity contribution in [2.24, 2.45) is 0 Å². The Labute approximate surface area is 482 Å². The summed E-state index contributed by atoms with van der Waals surface area (Å²) >= 11 is 0. The molecule has 0 aromatic rings. The van der Waals surface area contributed by atoms with Crippen LogP contribution in [0.1, 0.15) is 310 Å². The fourth-order valence-corrected chi connectivity index (χ4v) is 9.06. The van der Waals surface area contributed by atoms with Crippen LogP contribution in [0, 0.1) is 0 Å². The number of hydrogen-bond donors (Lipinski definition) is 0. The monoisotopic (exact) mass is 1080 g/mol. The summed E-state index contributed by atoms with van der Waals surface area (Å²) in [7, 11) is 0. The van der Waals surface area contributed by atoms with Gasteiger partial charge in [0, 0.05) is 19.3 Å². The Morgan fingerprint density at radius 1 is 0.269 bits per heavy atom. The van der Waals surface area contributed by atoms with Crippen molar-refractivity contribution < 1.29 is 28.6 Å². The van der Waals surface area contributed by atoms with Crippen molar-refractivity contribution in [2.75, 3.05) is 13.2 Å². The van der Waals surface area contributed by atoms with Crippen molar-refractivity contribution in [3.63, 3.8) is 0 Å². The van der Waals surface area contributed by atoms with Crippen LogP contribution in [0.5, 0.6) is 0 Å². The fraction of sp³-hybridized carbons (Fsp3) is 0.708. The van der Waals surface area contributed by atoms with Crippen LogP contribution in [0.2, 0.25) is 0 Å². The molecule has 6 heteroatoms. The number of rotatable bonds is 59. The van der Waals surface area contributed by atoms with Gasteiger partial charge in [-0.1, -0.05) is 271 Å². The van der Waals surface area contributed by atoms with Crippen LogP contribution in [0.4, 0.5) is 0 Å². The van der Waals surface area contributed by atoms with E-state index in [1.54, 1.807) is 0 Å². The Morgan fingerprint density at radius 2 is 0.500 bits per heavy atom. The summed E-state index contributed by atoms with van der Waals surface area (Å²) in [5.74, 6) is -0.910. The third-order valence-electron chi connectivity index (χ3n) is 14.0. The fourth-order valence-electron chi connectivity index (χ4n) is 9.06. The number of carbonyl (C=O) groups excluding carboxylic acids is 3. The maximum atomic E-state index is 12.9. The van der Waals surface area contributed by atoms with Gasteiger partial charge in [0.05, 0.1) is 0 Å². The van der Waals surface area contributed by atoms with E-state index in [1.165, 1.54) is 141 Å². The van der Waals surface area contributed by atoms with Crippen LogP contribution < -0.4 is 0 Å². The molecule has 0 spiro atoms. The standard InChI is InChI=1S/C72H122O6/c1-4-7-10-13-16-19-22-25-28-31-33-35-36-38-39-41-44-47-50-53-56-59-62-65-71(74)77-68-69(67-76-70(73)64-61-58-55-52-49-46-43-30-27-24-21-18-15-12-9-6-3)78-72(75)66-63-60-57-54-51-48-45-42-40-37-34-32-29-26-23-20-17-14-11-8-5-2/h7,10,16,19,21,23-26,28,30,32-35,38-39,43,69H,4-6,8-9,11-15,17-18,20,22,27,29,31,36-37,40-42,44-68H2,1-3H3/b10-7-,19-16-,24-21-,26-23-,28-25-,34-32-,35-33-,39-38-,43-30-. The predicted molar refractivity (Wildman–Crippen MR) is 339 cm³/mol. The Bertz CT molecular complexity index is 1570. The Hall–Kier alpha value is -3.93. The maximum absolute atomic E-state index is 12.9. The largest absolute Gasteiger partial charge is 0.462 e. The summed E-state index contributed by atoms with van der Waals surface area (Å²) in [6.07, 6.45) is 89.4. The lowest BCUT2D eigenvalue weighted by Crippen LogP contribution is -2.30.